The minimum Gasteiger partial charge on any atom is -0.493 e. The van der Waals surface area contributed by atoms with E-state index in [0.717, 1.165) is 48.4 Å². The molecule has 0 spiro atoms. The molecule has 1 aromatic carbocycles. The molecule has 4 heteroatoms. The van der Waals surface area contributed by atoms with Gasteiger partial charge in [-0.3, -0.25) is 0 Å². The van der Waals surface area contributed by atoms with Gasteiger partial charge in [0.1, 0.15) is 5.75 Å². The second kappa shape index (κ2) is 4.97. The summed E-state index contributed by atoms with van der Waals surface area (Å²) in [7, 11) is 0. The number of benzene rings is 1. The molecule has 3 rings (SSSR count). The molecule has 1 saturated carbocycles. The normalized spacial score (nSPS) is 29.9. The topological polar surface area (TPSA) is 55.5 Å². The van der Waals surface area contributed by atoms with E-state index in [1.54, 1.807) is 0 Å². The van der Waals surface area contributed by atoms with Gasteiger partial charge < -0.3 is 15.6 Å². The summed E-state index contributed by atoms with van der Waals surface area (Å²) in [5.41, 5.74) is 7.46. The predicted octanol–water partition coefficient (Wildman–Crippen LogP) is 2.45. The highest BCUT2D eigenvalue weighted by molar-refractivity contribution is 6.30. The van der Waals surface area contributed by atoms with E-state index in [1.165, 1.54) is 5.56 Å². The van der Waals surface area contributed by atoms with Crippen LogP contribution in [-0.4, -0.2) is 23.4 Å². The highest BCUT2D eigenvalue weighted by Gasteiger charge is 2.34. The molecule has 0 atom stereocenters. The fourth-order valence-electron chi connectivity index (χ4n) is 3.19. The summed E-state index contributed by atoms with van der Waals surface area (Å²) < 4.78 is 5.70. The van der Waals surface area contributed by atoms with Gasteiger partial charge in [-0.05, 0) is 48.9 Å². The van der Waals surface area contributed by atoms with Gasteiger partial charge in [-0.25, -0.2) is 0 Å². The minimum absolute atomic E-state index is 0.238. The standard InChI is InChI=1S/C15H20ClNO2/c16-12-7-10-3-6-19-14(10)11(8-12)9-15(18)4-1-13(17)2-5-15/h7-8,13,18H,1-6,9,17H2. The second-order valence-electron chi connectivity index (χ2n) is 5.89. The molecule has 19 heavy (non-hydrogen) atoms. The van der Waals surface area contributed by atoms with E-state index in [0.29, 0.717) is 13.0 Å². The maximum Gasteiger partial charge on any atom is 0.126 e. The molecule has 0 saturated heterocycles. The number of fused-ring (bicyclic) bond motifs is 1. The van der Waals surface area contributed by atoms with Crippen molar-refractivity contribution in [2.75, 3.05) is 6.61 Å². The lowest BCUT2D eigenvalue weighted by atomic mass is 9.78. The Morgan fingerprint density at radius 2 is 2.11 bits per heavy atom. The van der Waals surface area contributed by atoms with Gasteiger partial charge in [0.2, 0.25) is 0 Å². The van der Waals surface area contributed by atoms with E-state index in [-0.39, 0.29) is 6.04 Å². The third kappa shape index (κ3) is 2.73. The second-order valence-corrected chi connectivity index (χ2v) is 6.33. The summed E-state index contributed by atoms with van der Waals surface area (Å²) in [6.07, 6.45) is 4.82. The molecule has 2 aliphatic rings. The van der Waals surface area contributed by atoms with Crippen molar-refractivity contribution < 1.29 is 9.84 Å². The number of ether oxygens (including phenoxy) is 1. The number of rotatable bonds is 2. The third-order valence-electron chi connectivity index (χ3n) is 4.31. The maximum atomic E-state index is 10.7. The molecule has 1 aliphatic heterocycles. The van der Waals surface area contributed by atoms with Gasteiger partial charge in [0.05, 0.1) is 12.2 Å². The van der Waals surface area contributed by atoms with E-state index in [2.05, 4.69) is 0 Å². The molecule has 0 radical (unpaired) electrons. The van der Waals surface area contributed by atoms with Crippen LogP contribution in [0.3, 0.4) is 0 Å². The van der Waals surface area contributed by atoms with Gasteiger partial charge in [-0.15, -0.1) is 0 Å². The lowest BCUT2D eigenvalue weighted by Gasteiger charge is -2.35. The Morgan fingerprint density at radius 1 is 1.37 bits per heavy atom. The van der Waals surface area contributed by atoms with Crippen molar-refractivity contribution in [3.8, 4) is 5.75 Å². The summed E-state index contributed by atoms with van der Waals surface area (Å²) in [5, 5.41) is 11.4. The van der Waals surface area contributed by atoms with Crippen LogP contribution in [0.5, 0.6) is 5.75 Å². The van der Waals surface area contributed by atoms with Crippen molar-refractivity contribution >= 4 is 11.6 Å². The quantitative estimate of drug-likeness (QED) is 0.875. The SMILES string of the molecule is NC1CCC(O)(Cc2cc(Cl)cc3c2OCC3)CC1. The molecule has 1 fully saturated rings. The Kier molecular flexibility index (Phi) is 3.46. The number of halogens is 1. The highest BCUT2D eigenvalue weighted by atomic mass is 35.5. The average molecular weight is 282 g/mol. The monoisotopic (exact) mass is 281 g/mol. The van der Waals surface area contributed by atoms with Gasteiger partial charge in [-0.1, -0.05) is 11.6 Å². The lowest BCUT2D eigenvalue weighted by molar-refractivity contribution is -0.000216. The molecule has 1 aromatic rings. The zero-order valence-corrected chi connectivity index (χ0v) is 11.7. The van der Waals surface area contributed by atoms with Gasteiger partial charge >= 0.3 is 0 Å². The molecule has 0 aromatic heterocycles. The Bertz CT molecular complexity index is 481. The van der Waals surface area contributed by atoms with Crippen molar-refractivity contribution in [3.05, 3.63) is 28.3 Å². The Labute approximate surface area is 118 Å². The fraction of sp³-hybridized carbons (Fsp3) is 0.600. The van der Waals surface area contributed by atoms with Crippen LogP contribution in [0.2, 0.25) is 5.02 Å². The first-order valence-corrected chi connectivity index (χ1v) is 7.36. The fourth-order valence-corrected chi connectivity index (χ4v) is 3.45. The smallest absolute Gasteiger partial charge is 0.126 e. The molecule has 0 unspecified atom stereocenters. The molecule has 104 valence electrons. The van der Waals surface area contributed by atoms with Crippen LogP contribution in [0.15, 0.2) is 12.1 Å². The van der Waals surface area contributed by atoms with E-state index in [4.69, 9.17) is 22.1 Å². The molecule has 3 nitrogen and oxygen atoms in total. The first kappa shape index (κ1) is 13.2. The van der Waals surface area contributed by atoms with Crippen LogP contribution in [0, 0.1) is 0 Å². The predicted molar refractivity (Wildman–Crippen MR) is 75.7 cm³/mol. The number of hydrogen-bond acceptors (Lipinski definition) is 3. The van der Waals surface area contributed by atoms with Crippen molar-refractivity contribution in [1.29, 1.82) is 0 Å². The van der Waals surface area contributed by atoms with Crippen LogP contribution in [0.25, 0.3) is 0 Å². The van der Waals surface area contributed by atoms with Crippen molar-refractivity contribution in [1.82, 2.24) is 0 Å². The van der Waals surface area contributed by atoms with E-state index in [1.807, 2.05) is 12.1 Å². The molecular formula is C15H20ClNO2. The first-order valence-electron chi connectivity index (χ1n) is 6.98. The van der Waals surface area contributed by atoms with Gasteiger partial charge in [-0.2, -0.15) is 0 Å². The van der Waals surface area contributed by atoms with Crippen LogP contribution in [-0.2, 0) is 12.8 Å². The van der Waals surface area contributed by atoms with E-state index in [9.17, 15) is 5.11 Å². The largest absolute Gasteiger partial charge is 0.493 e. The molecule has 1 heterocycles. The molecular weight excluding hydrogens is 262 g/mol. The summed E-state index contributed by atoms with van der Waals surface area (Å²) in [4.78, 5) is 0. The van der Waals surface area contributed by atoms with Crippen LogP contribution >= 0.6 is 11.6 Å². The summed E-state index contributed by atoms with van der Waals surface area (Å²) in [5.74, 6) is 0.938. The Morgan fingerprint density at radius 3 is 2.84 bits per heavy atom. The summed E-state index contributed by atoms with van der Waals surface area (Å²) >= 11 is 6.16. The van der Waals surface area contributed by atoms with Crippen molar-refractivity contribution in [2.45, 2.75) is 50.2 Å². The summed E-state index contributed by atoms with van der Waals surface area (Å²) in [6, 6.07) is 4.13. The molecule has 3 N–H and O–H groups in total. The highest BCUT2D eigenvalue weighted by Crippen LogP contribution is 2.38. The molecule has 0 bridgehead atoms. The lowest BCUT2D eigenvalue weighted by Crippen LogP contribution is -2.40. The van der Waals surface area contributed by atoms with E-state index < -0.39 is 5.60 Å². The van der Waals surface area contributed by atoms with Gasteiger partial charge in [0.25, 0.3) is 0 Å². The number of hydrogen-bond donors (Lipinski definition) is 2. The number of nitrogens with two attached hydrogens (primary N) is 1. The van der Waals surface area contributed by atoms with Crippen LogP contribution < -0.4 is 10.5 Å². The zero-order valence-electron chi connectivity index (χ0n) is 11.0. The van der Waals surface area contributed by atoms with Crippen molar-refractivity contribution in [2.24, 2.45) is 5.73 Å². The summed E-state index contributed by atoms with van der Waals surface area (Å²) in [6.45, 7) is 0.714. The molecule has 1 aliphatic carbocycles. The van der Waals surface area contributed by atoms with Crippen molar-refractivity contribution in [3.63, 3.8) is 0 Å². The van der Waals surface area contributed by atoms with Crippen LogP contribution in [0.1, 0.15) is 36.8 Å². The Balaban J connectivity index is 1.83. The Hall–Kier alpha value is -0.770. The molecule has 0 amide bonds. The van der Waals surface area contributed by atoms with Gasteiger partial charge in [0.15, 0.2) is 0 Å². The zero-order chi connectivity index (χ0) is 13.5. The number of aliphatic hydroxyl groups is 1. The van der Waals surface area contributed by atoms with Gasteiger partial charge in [0, 0.05) is 23.9 Å². The maximum absolute atomic E-state index is 10.7. The minimum atomic E-state index is -0.653. The van der Waals surface area contributed by atoms with Crippen LogP contribution in [0.4, 0.5) is 0 Å². The van der Waals surface area contributed by atoms with E-state index >= 15 is 0 Å². The first-order chi connectivity index (χ1) is 9.06. The average Bonchev–Trinajstić information content (AvgIpc) is 2.81. The third-order valence-corrected chi connectivity index (χ3v) is 4.52.